The van der Waals surface area contributed by atoms with E-state index in [0.29, 0.717) is 0 Å². The van der Waals surface area contributed by atoms with E-state index in [0.717, 1.165) is 41.8 Å². The summed E-state index contributed by atoms with van der Waals surface area (Å²) in [5, 5.41) is 0. The van der Waals surface area contributed by atoms with Gasteiger partial charge in [0.15, 0.2) is 0 Å². The Labute approximate surface area is 121 Å². The number of hydrogen-bond donors (Lipinski definition) is 0. The van der Waals surface area contributed by atoms with E-state index in [9.17, 15) is 4.79 Å². The fourth-order valence-corrected chi connectivity index (χ4v) is 2.86. The Kier molecular flexibility index (Phi) is 4.82. The molecule has 104 valence electrons. The van der Waals surface area contributed by atoms with Crippen molar-refractivity contribution in [3.63, 3.8) is 0 Å². The van der Waals surface area contributed by atoms with Gasteiger partial charge in [-0.25, -0.2) is 0 Å². The van der Waals surface area contributed by atoms with Gasteiger partial charge in [0.2, 0.25) is 0 Å². The number of benzene rings is 1. The molecule has 0 radical (unpaired) electrons. The van der Waals surface area contributed by atoms with Gasteiger partial charge in [-0.05, 0) is 31.2 Å². The van der Waals surface area contributed by atoms with Crippen LogP contribution in [0.1, 0.15) is 12.0 Å². The average Bonchev–Trinajstić information content (AvgIpc) is 2.86. The molecule has 19 heavy (non-hydrogen) atoms. The van der Waals surface area contributed by atoms with Crippen LogP contribution in [0.25, 0.3) is 0 Å². The number of hydrogen-bond acceptors (Lipinski definition) is 4. The van der Waals surface area contributed by atoms with E-state index in [-0.39, 0.29) is 11.9 Å². The van der Waals surface area contributed by atoms with Crippen molar-refractivity contribution in [2.24, 2.45) is 5.92 Å². The summed E-state index contributed by atoms with van der Waals surface area (Å²) in [5.74, 6) is 0.775. The Bertz CT molecular complexity index is 464. The summed E-state index contributed by atoms with van der Waals surface area (Å²) in [6.45, 7) is 2.45. The predicted octanol–water partition coefficient (Wildman–Crippen LogP) is 2.45. The highest BCUT2D eigenvalue weighted by Gasteiger charge is 2.29. The molecule has 0 bridgehead atoms. The highest BCUT2D eigenvalue weighted by atomic mass is 79.9. The standard InChI is InChI=1S/C14H18BrNO3/c1-18-13-4-3-12(15)7-11(13)9-16-6-5-10(8-16)14(17)19-2/h3-4,7,10H,5-6,8-9H2,1-2H3. The number of rotatable bonds is 4. The molecule has 2 rings (SSSR count). The molecule has 0 spiro atoms. The van der Waals surface area contributed by atoms with Crippen LogP contribution in [0.4, 0.5) is 0 Å². The number of halogens is 1. The second-order valence-electron chi connectivity index (χ2n) is 4.70. The smallest absolute Gasteiger partial charge is 0.310 e. The van der Waals surface area contributed by atoms with Gasteiger partial charge in [-0.3, -0.25) is 9.69 Å². The number of esters is 1. The predicted molar refractivity (Wildman–Crippen MR) is 76.1 cm³/mol. The van der Waals surface area contributed by atoms with Gasteiger partial charge in [0, 0.05) is 23.1 Å². The molecule has 0 N–H and O–H groups in total. The second kappa shape index (κ2) is 6.39. The van der Waals surface area contributed by atoms with Crippen LogP contribution in [0.2, 0.25) is 0 Å². The highest BCUT2D eigenvalue weighted by molar-refractivity contribution is 9.10. The minimum absolute atomic E-state index is 0.00291. The third-order valence-corrected chi connectivity index (χ3v) is 3.94. The van der Waals surface area contributed by atoms with E-state index in [2.05, 4.69) is 26.9 Å². The molecule has 1 aliphatic rings. The zero-order valence-corrected chi connectivity index (χ0v) is 12.8. The Morgan fingerprint density at radius 3 is 2.95 bits per heavy atom. The molecule has 0 aliphatic carbocycles. The van der Waals surface area contributed by atoms with Crippen molar-refractivity contribution in [3.8, 4) is 5.75 Å². The summed E-state index contributed by atoms with van der Waals surface area (Å²) in [5.41, 5.74) is 1.13. The first-order chi connectivity index (χ1) is 9.13. The van der Waals surface area contributed by atoms with Gasteiger partial charge in [0.1, 0.15) is 5.75 Å². The monoisotopic (exact) mass is 327 g/mol. The van der Waals surface area contributed by atoms with Gasteiger partial charge in [-0.15, -0.1) is 0 Å². The lowest BCUT2D eigenvalue weighted by Gasteiger charge is -2.17. The van der Waals surface area contributed by atoms with Crippen LogP contribution < -0.4 is 4.74 Å². The zero-order chi connectivity index (χ0) is 13.8. The lowest BCUT2D eigenvalue weighted by molar-refractivity contribution is -0.144. The van der Waals surface area contributed by atoms with Crippen LogP contribution in [0.3, 0.4) is 0 Å². The SMILES string of the molecule is COC(=O)C1CCN(Cc2cc(Br)ccc2OC)C1. The van der Waals surface area contributed by atoms with Crippen molar-refractivity contribution in [1.29, 1.82) is 0 Å². The van der Waals surface area contributed by atoms with E-state index in [4.69, 9.17) is 9.47 Å². The van der Waals surface area contributed by atoms with E-state index in [1.54, 1.807) is 7.11 Å². The number of carbonyl (C=O) groups excluding carboxylic acids is 1. The van der Waals surface area contributed by atoms with E-state index in [1.807, 2.05) is 12.1 Å². The topological polar surface area (TPSA) is 38.8 Å². The average molecular weight is 328 g/mol. The quantitative estimate of drug-likeness (QED) is 0.796. The second-order valence-corrected chi connectivity index (χ2v) is 5.62. The number of methoxy groups -OCH3 is 2. The minimum atomic E-state index is -0.108. The number of ether oxygens (including phenoxy) is 2. The summed E-state index contributed by atoms with van der Waals surface area (Å²) < 4.78 is 11.2. The van der Waals surface area contributed by atoms with E-state index < -0.39 is 0 Å². The largest absolute Gasteiger partial charge is 0.496 e. The van der Waals surface area contributed by atoms with Crippen LogP contribution in [0.5, 0.6) is 5.75 Å². The molecule has 1 saturated heterocycles. The third kappa shape index (κ3) is 3.48. The summed E-state index contributed by atoms with van der Waals surface area (Å²) in [6, 6.07) is 5.97. The maximum absolute atomic E-state index is 11.5. The van der Waals surface area contributed by atoms with E-state index in [1.165, 1.54) is 7.11 Å². The molecule has 0 saturated carbocycles. The van der Waals surface area contributed by atoms with Crippen LogP contribution >= 0.6 is 15.9 Å². The van der Waals surface area contributed by atoms with Gasteiger partial charge >= 0.3 is 5.97 Å². The minimum Gasteiger partial charge on any atom is -0.496 e. The zero-order valence-electron chi connectivity index (χ0n) is 11.2. The lowest BCUT2D eigenvalue weighted by Crippen LogP contribution is -2.23. The van der Waals surface area contributed by atoms with Crippen molar-refractivity contribution in [3.05, 3.63) is 28.2 Å². The molecule has 1 fully saturated rings. The number of nitrogens with zero attached hydrogens (tertiary/aromatic N) is 1. The molecule has 1 unspecified atom stereocenters. The summed E-state index contributed by atoms with van der Waals surface area (Å²) in [7, 11) is 3.12. The fourth-order valence-electron chi connectivity index (χ4n) is 2.45. The van der Waals surface area contributed by atoms with Crippen LogP contribution in [-0.2, 0) is 16.1 Å². The van der Waals surface area contributed by atoms with E-state index >= 15 is 0 Å². The highest BCUT2D eigenvalue weighted by Crippen LogP contribution is 2.27. The summed E-state index contributed by atoms with van der Waals surface area (Å²) >= 11 is 3.47. The summed E-state index contributed by atoms with van der Waals surface area (Å²) in [6.07, 6.45) is 0.864. The molecular formula is C14H18BrNO3. The van der Waals surface area contributed by atoms with Crippen molar-refractivity contribution >= 4 is 21.9 Å². The Morgan fingerprint density at radius 2 is 2.26 bits per heavy atom. The molecule has 0 amide bonds. The maximum atomic E-state index is 11.5. The molecule has 4 nitrogen and oxygen atoms in total. The maximum Gasteiger partial charge on any atom is 0.310 e. The fraction of sp³-hybridized carbons (Fsp3) is 0.500. The Morgan fingerprint density at radius 1 is 1.47 bits per heavy atom. The first-order valence-corrected chi connectivity index (χ1v) is 7.06. The first kappa shape index (κ1) is 14.3. The van der Waals surface area contributed by atoms with Gasteiger partial charge in [0.25, 0.3) is 0 Å². The van der Waals surface area contributed by atoms with Gasteiger partial charge in [0.05, 0.1) is 20.1 Å². The molecular weight excluding hydrogens is 310 g/mol. The first-order valence-electron chi connectivity index (χ1n) is 6.26. The van der Waals surface area contributed by atoms with Crippen molar-refractivity contribution < 1.29 is 14.3 Å². The molecule has 1 atom stereocenters. The lowest BCUT2D eigenvalue weighted by atomic mass is 10.1. The van der Waals surface area contributed by atoms with Crippen LogP contribution in [0, 0.1) is 5.92 Å². The van der Waals surface area contributed by atoms with Crippen LogP contribution in [0.15, 0.2) is 22.7 Å². The van der Waals surface area contributed by atoms with Crippen LogP contribution in [-0.4, -0.2) is 38.2 Å². The Hall–Kier alpha value is -1.07. The van der Waals surface area contributed by atoms with Crippen molar-refractivity contribution in [1.82, 2.24) is 4.90 Å². The molecule has 5 heteroatoms. The van der Waals surface area contributed by atoms with Gasteiger partial charge in [-0.2, -0.15) is 0 Å². The summed E-state index contributed by atoms with van der Waals surface area (Å²) in [4.78, 5) is 13.8. The number of likely N-dealkylation sites (tertiary alicyclic amines) is 1. The normalized spacial score (nSPS) is 19.4. The number of carbonyl (C=O) groups is 1. The van der Waals surface area contributed by atoms with Gasteiger partial charge < -0.3 is 9.47 Å². The Balaban J connectivity index is 2.03. The molecule has 1 aromatic rings. The molecule has 0 aromatic heterocycles. The molecule has 1 heterocycles. The van der Waals surface area contributed by atoms with Crippen molar-refractivity contribution in [2.45, 2.75) is 13.0 Å². The third-order valence-electron chi connectivity index (χ3n) is 3.44. The molecule has 1 aromatic carbocycles. The van der Waals surface area contributed by atoms with Crippen molar-refractivity contribution in [2.75, 3.05) is 27.3 Å². The van der Waals surface area contributed by atoms with Gasteiger partial charge in [-0.1, -0.05) is 15.9 Å². The molecule has 1 aliphatic heterocycles.